The fraction of sp³-hybridized carbons (Fsp3) is 0.222. The van der Waals surface area contributed by atoms with Gasteiger partial charge in [0.15, 0.2) is 5.82 Å². The van der Waals surface area contributed by atoms with Crippen molar-refractivity contribution in [1.82, 2.24) is 19.7 Å². The van der Waals surface area contributed by atoms with Gasteiger partial charge in [-0.2, -0.15) is 5.10 Å². The van der Waals surface area contributed by atoms with Crippen LogP contribution in [0.2, 0.25) is 0 Å². The van der Waals surface area contributed by atoms with Crippen LogP contribution in [-0.2, 0) is 7.05 Å². The first-order valence-corrected chi connectivity index (χ1v) is 4.25. The van der Waals surface area contributed by atoms with Crippen LogP contribution in [0, 0.1) is 6.92 Å². The number of nitrogens with zero attached hydrogens (tertiary/aromatic N) is 4. The summed E-state index contributed by atoms with van der Waals surface area (Å²) >= 11 is 0. The van der Waals surface area contributed by atoms with E-state index in [0.717, 1.165) is 11.3 Å². The van der Waals surface area contributed by atoms with E-state index in [9.17, 15) is 0 Å². The minimum atomic E-state index is 0.594. The molecule has 0 saturated heterocycles. The van der Waals surface area contributed by atoms with E-state index in [1.54, 1.807) is 23.3 Å². The SMILES string of the molecule is Cc1cnc(-c2c(N)cnn2C)nc1. The highest BCUT2D eigenvalue weighted by Gasteiger charge is 2.10. The highest BCUT2D eigenvalue weighted by molar-refractivity contribution is 5.66. The van der Waals surface area contributed by atoms with Crippen molar-refractivity contribution in [3.05, 3.63) is 24.2 Å². The first kappa shape index (κ1) is 8.68. The smallest absolute Gasteiger partial charge is 0.179 e. The highest BCUT2D eigenvalue weighted by Crippen LogP contribution is 2.20. The Morgan fingerprint density at radius 3 is 2.36 bits per heavy atom. The van der Waals surface area contributed by atoms with Crippen molar-refractivity contribution in [2.75, 3.05) is 5.73 Å². The van der Waals surface area contributed by atoms with Crippen LogP contribution in [0.3, 0.4) is 0 Å². The fourth-order valence-electron chi connectivity index (χ4n) is 1.24. The zero-order valence-electron chi connectivity index (χ0n) is 8.10. The molecule has 0 aliphatic heterocycles. The van der Waals surface area contributed by atoms with Gasteiger partial charge in [0.05, 0.1) is 11.9 Å². The number of hydrogen-bond donors (Lipinski definition) is 1. The zero-order valence-corrected chi connectivity index (χ0v) is 8.10. The molecule has 5 nitrogen and oxygen atoms in total. The van der Waals surface area contributed by atoms with Crippen molar-refractivity contribution >= 4 is 5.69 Å². The summed E-state index contributed by atoms with van der Waals surface area (Å²) in [6, 6.07) is 0. The van der Waals surface area contributed by atoms with Gasteiger partial charge in [-0.15, -0.1) is 0 Å². The van der Waals surface area contributed by atoms with Gasteiger partial charge < -0.3 is 5.73 Å². The van der Waals surface area contributed by atoms with Crippen molar-refractivity contribution in [3.63, 3.8) is 0 Å². The molecule has 72 valence electrons. The molecule has 0 aromatic carbocycles. The molecule has 2 heterocycles. The van der Waals surface area contributed by atoms with Gasteiger partial charge in [0.25, 0.3) is 0 Å². The molecule has 2 rings (SSSR count). The summed E-state index contributed by atoms with van der Waals surface area (Å²) in [4.78, 5) is 8.38. The third-order valence-corrected chi connectivity index (χ3v) is 1.96. The van der Waals surface area contributed by atoms with Gasteiger partial charge >= 0.3 is 0 Å². The largest absolute Gasteiger partial charge is 0.396 e. The van der Waals surface area contributed by atoms with Crippen LogP contribution in [0.1, 0.15) is 5.56 Å². The standard InChI is InChI=1S/C9H11N5/c1-6-3-11-9(12-4-6)8-7(10)5-13-14(8)2/h3-5H,10H2,1-2H3. The summed E-state index contributed by atoms with van der Waals surface area (Å²) in [5, 5.41) is 4.03. The molecule has 0 spiro atoms. The lowest BCUT2D eigenvalue weighted by atomic mass is 10.3. The number of nitrogen functional groups attached to an aromatic ring is 1. The Kier molecular flexibility index (Phi) is 1.92. The number of hydrogen-bond acceptors (Lipinski definition) is 4. The Bertz CT molecular complexity index is 423. The molecule has 2 N–H and O–H groups in total. The molecular formula is C9H11N5. The maximum atomic E-state index is 5.75. The Hall–Kier alpha value is -1.91. The van der Waals surface area contributed by atoms with Gasteiger partial charge in [-0.1, -0.05) is 0 Å². The maximum Gasteiger partial charge on any atom is 0.179 e. The van der Waals surface area contributed by atoms with Crippen molar-refractivity contribution in [3.8, 4) is 11.5 Å². The second kappa shape index (κ2) is 3.10. The molecule has 14 heavy (non-hydrogen) atoms. The third kappa shape index (κ3) is 1.32. The van der Waals surface area contributed by atoms with Gasteiger partial charge in [-0.3, -0.25) is 4.68 Å². The summed E-state index contributed by atoms with van der Waals surface area (Å²) < 4.78 is 1.67. The average Bonchev–Trinajstić information content (AvgIpc) is 2.49. The Balaban J connectivity index is 2.54. The van der Waals surface area contributed by atoms with Gasteiger partial charge in [-0.05, 0) is 12.5 Å². The molecule has 0 amide bonds. The van der Waals surface area contributed by atoms with Gasteiger partial charge in [0, 0.05) is 19.4 Å². The Labute approximate surface area is 81.6 Å². The van der Waals surface area contributed by atoms with Crippen molar-refractivity contribution < 1.29 is 0 Å². The minimum absolute atomic E-state index is 0.594. The predicted molar refractivity (Wildman–Crippen MR) is 53.4 cm³/mol. The first-order valence-electron chi connectivity index (χ1n) is 4.25. The molecule has 2 aromatic heterocycles. The first-order chi connectivity index (χ1) is 6.68. The van der Waals surface area contributed by atoms with Crippen molar-refractivity contribution in [1.29, 1.82) is 0 Å². The normalized spacial score (nSPS) is 10.4. The summed E-state index contributed by atoms with van der Waals surface area (Å²) in [5.41, 5.74) is 8.12. The number of aromatic nitrogens is 4. The third-order valence-electron chi connectivity index (χ3n) is 1.96. The van der Waals surface area contributed by atoms with Crippen molar-refractivity contribution in [2.45, 2.75) is 6.92 Å². The number of anilines is 1. The van der Waals surface area contributed by atoms with Gasteiger partial charge in [-0.25, -0.2) is 9.97 Å². The van der Waals surface area contributed by atoms with Crippen LogP contribution >= 0.6 is 0 Å². The van der Waals surface area contributed by atoms with E-state index >= 15 is 0 Å². The van der Waals surface area contributed by atoms with E-state index in [-0.39, 0.29) is 0 Å². The van der Waals surface area contributed by atoms with Crippen LogP contribution in [0.25, 0.3) is 11.5 Å². The van der Waals surface area contributed by atoms with Crippen molar-refractivity contribution in [2.24, 2.45) is 7.05 Å². The molecule has 0 aliphatic rings. The summed E-state index contributed by atoms with van der Waals surface area (Å²) in [7, 11) is 1.81. The quantitative estimate of drug-likeness (QED) is 0.719. The topological polar surface area (TPSA) is 69.6 Å². The second-order valence-electron chi connectivity index (χ2n) is 3.16. The lowest BCUT2D eigenvalue weighted by Gasteiger charge is -2.01. The summed E-state index contributed by atoms with van der Waals surface area (Å²) in [6.45, 7) is 1.94. The molecule has 0 saturated carbocycles. The number of nitrogens with two attached hydrogens (primary N) is 1. The van der Waals surface area contributed by atoms with Crippen LogP contribution in [0.15, 0.2) is 18.6 Å². The van der Waals surface area contributed by atoms with Gasteiger partial charge in [0.2, 0.25) is 0 Å². The second-order valence-corrected chi connectivity index (χ2v) is 3.16. The molecule has 0 atom stereocenters. The van der Waals surface area contributed by atoms with E-state index in [2.05, 4.69) is 15.1 Å². The number of rotatable bonds is 1. The lowest BCUT2D eigenvalue weighted by Crippen LogP contribution is -1.99. The zero-order chi connectivity index (χ0) is 10.1. The van der Waals surface area contributed by atoms with Gasteiger partial charge in [0.1, 0.15) is 5.69 Å². The molecule has 0 unspecified atom stereocenters. The van der Waals surface area contributed by atoms with Crippen LogP contribution < -0.4 is 5.73 Å². The fourth-order valence-corrected chi connectivity index (χ4v) is 1.24. The van der Waals surface area contributed by atoms with E-state index in [1.165, 1.54) is 0 Å². The lowest BCUT2D eigenvalue weighted by molar-refractivity contribution is 0.769. The van der Waals surface area contributed by atoms with E-state index < -0.39 is 0 Å². The van der Waals surface area contributed by atoms with Crippen LogP contribution in [0.4, 0.5) is 5.69 Å². The monoisotopic (exact) mass is 189 g/mol. The molecule has 2 aromatic rings. The highest BCUT2D eigenvalue weighted by atomic mass is 15.3. The van der Waals surface area contributed by atoms with E-state index in [1.807, 2.05) is 14.0 Å². The Morgan fingerprint density at radius 2 is 1.86 bits per heavy atom. The minimum Gasteiger partial charge on any atom is -0.396 e. The molecule has 0 radical (unpaired) electrons. The van der Waals surface area contributed by atoms with Crippen LogP contribution in [0.5, 0.6) is 0 Å². The van der Waals surface area contributed by atoms with E-state index in [0.29, 0.717) is 11.5 Å². The molecule has 0 bridgehead atoms. The average molecular weight is 189 g/mol. The number of aryl methyl sites for hydroxylation is 2. The molecule has 0 fully saturated rings. The molecule has 5 heteroatoms. The van der Waals surface area contributed by atoms with E-state index in [4.69, 9.17) is 5.73 Å². The molecule has 0 aliphatic carbocycles. The molecular weight excluding hydrogens is 178 g/mol. The predicted octanol–water partition coefficient (Wildman–Crippen LogP) is 0.768. The Morgan fingerprint density at radius 1 is 1.21 bits per heavy atom. The summed E-state index contributed by atoms with van der Waals surface area (Å²) in [5.74, 6) is 0.605. The maximum absolute atomic E-state index is 5.75. The summed E-state index contributed by atoms with van der Waals surface area (Å²) in [6.07, 6.45) is 5.11. The van der Waals surface area contributed by atoms with Crippen LogP contribution in [-0.4, -0.2) is 19.7 Å².